The second-order valence-electron chi connectivity index (χ2n) is 8.41. The minimum Gasteiger partial charge on any atom is -0.474 e. The number of aliphatic carboxylic acids is 1. The lowest BCUT2D eigenvalue weighted by Crippen LogP contribution is -2.35. The Bertz CT molecular complexity index is 1240. The van der Waals surface area contributed by atoms with Crippen LogP contribution in [0.2, 0.25) is 0 Å². The van der Waals surface area contributed by atoms with Crippen LogP contribution in [0.5, 0.6) is 0 Å². The van der Waals surface area contributed by atoms with Crippen molar-refractivity contribution in [3.05, 3.63) is 106 Å². The third-order valence-electron chi connectivity index (χ3n) is 5.58. The number of carbonyl (C=O) groups is 2. The fraction of sp³-hybridized carbons (Fsp3) is 0.241. The van der Waals surface area contributed by atoms with Crippen LogP contribution in [0.15, 0.2) is 72.8 Å². The second-order valence-corrected chi connectivity index (χ2v) is 8.41. The van der Waals surface area contributed by atoms with E-state index in [1.165, 1.54) is 17.7 Å². The number of alkyl halides is 3. The highest BCUT2D eigenvalue weighted by Crippen LogP contribution is 2.29. The van der Waals surface area contributed by atoms with Crippen LogP contribution in [0.25, 0.3) is 0 Å². The Labute approximate surface area is 208 Å². The maximum atomic E-state index is 12.8. The molecule has 0 unspecified atom stereocenters. The highest BCUT2D eigenvalue weighted by molar-refractivity contribution is 6.31. The Kier molecular flexibility index (Phi) is 8.91. The van der Waals surface area contributed by atoms with Crippen molar-refractivity contribution in [2.24, 2.45) is 0 Å². The molecule has 0 heterocycles. The number of nitrogens with zero attached hydrogens (tertiary/aromatic N) is 1. The molecule has 4 nitrogen and oxygen atoms in total. The first-order chi connectivity index (χ1) is 17.2. The summed E-state index contributed by atoms with van der Waals surface area (Å²) >= 11 is 0. The molecular weight excluding hydrogens is 467 g/mol. The lowest BCUT2D eigenvalue weighted by atomic mass is 10.1. The summed E-state index contributed by atoms with van der Waals surface area (Å²) in [5, 5.41) is 9.18. The van der Waals surface area contributed by atoms with Gasteiger partial charge in [0.2, 0.25) is 0 Å². The van der Waals surface area contributed by atoms with Crippen LogP contribution < -0.4 is 0 Å². The third-order valence-corrected chi connectivity index (χ3v) is 5.58. The molecule has 186 valence electrons. The molecule has 0 aliphatic rings. The Morgan fingerprint density at radius 2 is 1.22 bits per heavy atom. The van der Waals surface area contributed by atoms with Gasteiger partial charge in [0.15, 0.2) is 0 Å². The van der Waals surface area contributed by atoms with E-state index in [1.807, 2.05) is 12.1 Å². The summed E-state index contributed by atoms with van der Waals surface area (Å²) in [5.41, 5.74) is 3.18. The van der Waals surface area contributed by atoms with E-state index in [0.29, 0.717) is 11.1 Å². The van der Waals surface area contributed by atoms with Gasteiger partial charge in [0.05, 0.1) is 5.56 Å². The number of carboxylic acid groups (broad SMARTS) is 1. The molecule has 7 heteroatoms. The molecule has 0 saturated carbocycles. The summed E-state index contributed by atoms with van der Waals surface area (Å²) in [4.78, 5) is 24.6. The van der Waals surface area contributed by atoms with Crippen molar-refractivity contribution >= 4 is 11.9 Å². The van der Waals surface area contributed by atoms with Crippen molar-refractivity contribution in [1.82, 2.24) is 4.90 Å². The number of amides is 1. The molecule has 0 spiro atoms. The molecule has 0 atom stereocenters. The van der Waals surface area contributed by atoms with E-state index in [4.69, 9.17) is 0 Å². The first-order valence-electron chi connectivity index (χ1n) is 11.5. The van der Waals surface area contributed by atoms with E-state index >= 15 is 0 Å². The van der Waals surface area contributed by atoms with Crippen LogP contribution in [0.1, 0.15) is 53.1 Å². The highest BCUT2D eigenvalue weighted by Gasteiger charge is 2.30. The number of aryl methyl sites for hydroxylation is 1. The lowest BCUT2D eigenvalue weighted by molar-refractivity contribution is -0.156. The number of carboxylic acids is 1. The summed E-state index contributed by atoms with van der Waals surface area (Å²) < 4.78 is 38.4. The summed E-state index contributed by atoms with van der Waals surface area (Å²) in [6.45, 7) is 2.00. The number of benzene rings is 3. The predicted octanol–water partition coefficient (Wildman–Crippen LogP) is 6.06. The van der Waals surface area contributed by atoms with Crippen molar-refractivity contribution in [3.63, 3.8) is 0 Å². The van der Waals surface area contributed by atoms with E-state index in [1.54, 1.807) is 24.3 Å². The van der Waals surface area contributed by atoms with E-state index in [-0.39, 0.29) is 13.1 Å². The molecule has 3 rings (SSSR count). The van der Waals surface area contributed by atoms with Crippen LogP contribution in [-0.4, -0.2) is 21.9 Å². The zero-order chi connectivity index (χ0) is 26.1. The number of rotatable bonds is 7. The minimum absolute atomic E-state index is 0.0148. The number of hydrogen-bond donors (Lipinski definition) is 1. The predicted molar refractivity (Wildman–Crippen MR) is 131 cm³/mol. The summed E-state index contributed by atoms with van der Waals surface area (Å²) in [7, 11) is 0. The molecule has 1 N–H and O–H groups in total. The summed E-state index contributed by atoms with van der Waals surface area (Å²) in [5.74, 6) is 3.43. The van der Waals surface area contributed by atoms with Crippen molar-refractivity contribution in [1.29, 1.82) is 0 Å². The quantitative estimate of drug-likeness (QED) is 0.322. The van der Waals surface area contributed by atoms with Gasteiger partial charge in [-0.3, -0.25) is 4.79 Å². The minimum atomic E-state index is -4.47. The fourth-order valence-electron chi connectivity index (χ4n) is 3.55. The van der Waals surface area contributed by atoms with Crippen molar-refractivity contribution < 1.29 is 27.9 Å². The van der Waals surface area contributed by atoms with Crippen LogP contribution in [-0.2, 0) is 35.3 Å². The van der Waals surface area contributed by atoms with Crippen molar-refractivity contribution in [3.8, 4) is 11.8 Å². The smallest absolute Gasteiger partial charge is 0.416 e. The monoisotopic (exact) mass is 493 g/mol. The molecular formula is C29H26F3NO3. The van der Waals surface area contributed by atoms with Gasteiger partial charge in [0, 0.05) is 24.2 Å². The molecule has 3 aromatic rings. The highest BCUT2D eigenvalue weighted by atomic mass is 19.4. The maximum absolute atomic E-state index is 12.8. The Morgan fingerprint density at radius 1 is 0.778 bits per heavy atom. The normalized spacial score (nSPS) is 10.9. The first kappa shape index (κ1) is 26.6. The molecule has 0 radical (unpaired) electrons. The number of hydrogen-bond acceptors (Lipinski definition) is 2. The second kappa shape index (κ2) is 12.1. The number of halogens is 3. The zero-order valence-corrected chi connectivity index (χ0v) is 19.8. The van der Waals surface area contributed by atoms with E-state index in [9.17, 15) is 27.9 Å². The standard InChI is InChI=1S/C29H26F3NO3/c1-2-3-4-21-5-7-22(8-6-21)9-10-23-11-13-24(14-12-23)19-33(27(34)28(35)36)20-25-15-17-26(18-16-25)29(30,31)32/h5-8,11-18H,2-4,19-20H2,1H3,(H,35,36). The molecule has 0 saturated heterocycles. The zero-order valence-electron chi connectivity index (χ0n) is 19.8. The average Bonchev–Trinajstić information content (AvgIpc) is 2.86. The van der Waals surface area contributed by atoms with Gasteiger partial charge in [-0.25, -0.2) is 4.79 Å². The number of carbonyl (C=O) groups excluding carboxylic acids is 1. The Morgan fingerprint density at radius 3 is 1.64 bits per heavy atom. The van der Waals surface area contributed by atoms with Gasteiger partial charge in [-0.15, -0.1) is 0 Å². The van der Waals surface area contributed by atoms with Crippen molar-refractivity contribution in [2.45, 2.75) is 45.5 Å². The molecule has 0 bridgehead atoms. The van der Waals surface area contributed by atoms with E-state index in [0.717, 1.165) is 47.4 Å². The van der Waals surface area contributed by atoms with Gasteiger partial charge in [0.1, 0.15) is 0 Å². The molecule has 0 aliphatic carbocycles. The molecule has 3 aromatic carbocycles. The average molecular weight is 494 g/mol. The summed E-state index contributed by atoms with van der Waals surface area (Å²) in [6, 6.07) is 19.5. The molecule has 0 aliphatic heterocycles. The van der Waals surface area contributed by atoms with Crippen LogP contribution >= 0.6 is 0 Å². The Balaban J connectivity index is 1.68. The van der Waals surface area contributed by atoms with Gasteiger partial charge in [-0.1, -0.05) is 61.6 Å². The molecule has 0 aromatic heterocycles. The number of unbranched alkanes of at least 4 members (excludes halogenated alkanes) is 1. The van der Waals surface area contributed by atoms with Crippen LogP contribution in [0.3, 0.4) is 0 Å². The van der Waals surface area contributed by atoms with Crippen LogP contribution in [0, 0.1) is 11.8 Å². The van der Waals surface area contributed by atoms with Gasteiger partial charge in [-0.05, 0) is 65.9 Å². The van der Waals surface area contributed by atoms with Crippen molar-refractivity contribution in [2.75, 3.05) is 0 Å². The third kappa shape index (κ3) is 7.74. The topological polar surface area (TPSA) is 57.6 Å². The summed E-state index contributed by atoms with van der Waals surface area (Å²) in [6.07, 6.45) is -1.13. The van der Waals surface area contributed by atoms with Gasteiger partial charge >= 0.3 is 18.1 Å². The van der Waals surface area contributed by atoms with E-state index < -0.39 is 23.6 Å². The molecule has 36 heavy (non-hydrogen) atoms. The van der Waals surface area contributed by atoms with Gasteiger partial charge < -0.3 is 10.0 Å². The Hall–Kier alpha value is -4.05. The maximum Gasteiger partial charge on any atom is 0.416 e. The molecule has 0 fully saturated rings. The van der Waals surface area contributed by atoms with Crippen LogP contribution in [0.4, 0.5) is 13.2 Å². The molecule has 1 amide bonds. The largest absolute Gasteiger partial charge is 0.474 e. The van der Waals surface area contributed by atoms with E-state index in [2.05, 4.69) is 30.9 Å². The fourth-order valence-corrected chi connectivity index (χ4v) is 3.55. The first-order valence-corrected chi connectivity index (χ1v) is 11.5. The van der Waals surface area contributed by atoms with Gasteiger partial charge in [-0.2, -0.15) is 13.2 Å². The lowest BCUT2D eigenvalue weighted by Gasteiger charge is -2.21. The van der Waals surface area contributed by atoms with Gasteiger partial charge in [0.25, 0.3) is 0 Å². The SMILES string of the molecule is CCCCc1ccc(C#Cc2ccc(CN(Cc3ccc(C(F)(F)F)cc3)C(=O)C(=O)O)cc2)cc1.